The zero-order valence-electron chi connectivity index (χ0n) is 10.7. The van der Waals surface area contributed by atoms with E-state index in [2.05, 4.69) is 63.4 Å². The van der Waals surface area contributed by atoms with Crippen molar-refractivity contribution < 1.29 is 0 Å². The first-order valence-corrected chi connectivity index (χ1v) is 7.55. The Kier molecular flexibility index (Phi) is 4.35. The van der Waals surface area contributed by atoms with E-state index in [1.807, 2.05) is 6.07 Å². The van der Waals surface area contributed by atoms with E-state index in [0.717, 1.165) is 22.8 Å². The molecule has 1 N–H and O–H groups in total. The number of rotatable bonds is 4. The van der Waals surface area contributed by atoms with E-state index in [1.54, 1.807) is 11.3 Å². The molecule has 2 aromatic rings. The third kappa shape index (κ3) is 3.29. The van der Waals surface area contributed by atoms with Crippen LogP contribution in [0.25, 0.3) is 0 Å². The molecule has 0 saturated carbocycles. The van der Waals surface area contributed by atoms with Crippen LogP contribution >= 0.6 is 27.3 Å². The SMILES string of the molecule is Cc1ccsc1CNc1cc(Br)nc(C(C)C)n1. The molecule has 0 aliphatic rings. The molecule has 2 aromatic heterocycles. The molecule has 0 aliphatic carbocycles. The van der Waals surface area contributed by atoms with E-state index >= 15 is 0 Å². The summed E-state index contributed by atoms with van der Waals surface area (Å²) in [6.45, 7) is 7.12. The van der Waals surface area contributed by atoms with Gasteiger partial charge in [0.2, 0.25) is 0 Å². The number of halogens is 1. The van der Waals surface area contributed by atoms with Crippen LogP contribution in [0.15, 0.2) is 22.1 Å². The van der Waals surface area contributed by atoms with Gasteiger partial charge < -0.3 is 5.32 Å². The van der Waals surface area contributed by atoms with Gasteiger partial charge in [0.1, 0.15) is 16.2 Å². The molecule has 0 radical (unpaired) electrons. The van der Waals surface area contributed by atoms with Crippen LogP contribution in [-0.4, -0.2) is 9.97 Å². The third-order valence-corrected chi connectivity index (χ3v) is 4.06. The van der Waals surface area contributed by atoms with Crippen molar-refractivity contribution in [3.05, 3.63) is 38.4 Å². The van der Waals surface area contributed by atoms with Crippen molar-refractivity contribution in [3.8, 4) is 0 Å². The van der Waals surface area contributed by atoms with Gasteiger partial charge in [0.25, 0.3) is 0 Å². The molecule has 0 saturated heterocycles. The molecule has 2 heterocycles. The van der Waals surface area contributed by atoms with E-state index < -0.39 is 0 Å². The number of hydrogen-bond acceptors (Lipinski definition) is 4. The fraction of sp³-hybridized carbons (Fsp3) is 0.385. The van der Waals surface area contributed by atoms with Gasteiger partial charge in [-0.05, 0) is 39.9 Å². The van der Waals surface area contributed by atoms with Crippen LogP contribution in [0, 0.1) is 6.92 Å². The highest BCUT2D eigenvalue weighted by molar-refractivity contribution is 9.10. The molecule has 0 fully saturated rings. The summed E-state index contributed by atoms with van der Waals surface area (Å²) >= 11 is 5.19. The zero-order valence-corrected chi connectivity index (χ0v) is 13.1. The van der Waals surface area contributed by atoms with Crippen molar-refractivity contribution >= 4 is 33.1 Å². The van der Waals surface area contributed by atoms with Crippen LogP contribution < -0.4 is 5.32 Å². The summed E-state index contributed by atoms with van der Waals surface area (Å²) in [6.07, 6.45) is 0. The molecule has 18 heavy (non-hydrogen) atoms. The molecular weight excluding hydrogens is 310 g/mol. The molecule has 5 heteroatoms. The van der Waals surface area contributed by atoms with Crippen molar-refractivity contribution in [2.24, 2.45) is 0 Å². The molecule has 0 atom stereocenters. The first kappa shape index (κ1) is 13.5. The molecule has 3 nitrogen and oxygen atoms in total. The number of hydrogen-bond donors (Lipinski definition) is 1. The molecule has 0 amide bonds. The summed E-state index contributed by atoms with van der Waals surface area (Å²) in [5.41, 5.74) is 1.32. The van der Waals surface area contributed by atoms with Crippen LogP contribution in [0.2, 0.25) is 0 Å². The molecule has 96 valence electrons. The quantitative estimate of drug-likeness (QED) is 0.849. The Hall–Kier alpha value is -0.940. The second-order valence-electron chi connectivity index (χ2n) is 4.47. The fourth-order valence-electron chi connectivity index (χ4n) is 1.54. The topological polar surface area (TPSA) is 37.8 Å². The summed E-state index contributed by atoms with van der Waals surface area (Å²) in [5, 5.41) is 5.47. The highest BCUT2D eigenvalue weighted by Crippen LogP contribution is 2.20. The Bertz CT molecular complexity index is 537. The lowest BCUT2D eigenvalue weighted by molar-refractivity contribution is 0.769. The molecule has 0 unspecified atom stereocenters. The Morgan fingerprint density at radius 3 is 2.78 bits per heavy atom. The van der Waals surface area contributed by atoms with E-state index in [0.29, 0.717) is 5.92 Å². The van der Waals surface area contributed by atoms with E-state index in [1.165, 1.54) is 10.4 Å². The van der Waals surface area contributed by atoms with Crippen molar-refractivity contribution in [3.63, 3.8) is 0 Å². The van der Waals surface area contributed by atoms with Gasteiger partial charge in [0.15, 0.2) is 0 Å². The van der Waals surface area contributed by atoms with Crippen molar-refractivity contribution in [2.45, 2.75) is 33.2 Å². The minimum atomic E-state index is 0.325. The minimum absolute atomic E-state index is 0.325. The van der Waals surface area contributed by atoms with Crippen LogP contribution in [0.3, 0.4) is 0 Å². The van der Waals surface area contributed by atoms with Gasteiger partial charge in [-0.25, -0.2) is 9.97 Å². The highest BCUT2D eigenvalue weighted by atomic mass is 79.9. The second-order valence-corrected chi connectivity index (χ2v) is 6.28. The average molecular weight is 326 g/mol. The summed E-state index contributed by atoms with van der Waals surface area (Å²) in [5.74, 6) is 2.05. The van der Waals surface area contributed by atoms with Crippen LogP contribution in [0.5, 0.6) is 0 Å². The van der Waals surface area contributed by atoms with Gasteiger partial charge in [-0.1, -0.05) is 13.8 Å². The zero-order chi connectivity index (χ0) is 13.1. The standard InChI is InChI=1S/C13H16BrN3S/c1-8(2)13-16-11(14)6-12(17-13)15-7-10-9(3)4-5-18-10/h4-6,8H,7H2,1-3H3,(H,15,16,17). The van der Waals surface area contributed by atoms with Crippen LogP contribution in [0.1, 0.15) is 36.0 Å². The number of anilines is 1. The number of aryl methyl sites for hydroxylation is 1. The van der Waals surface area contributed by atoms with Gasteiger partial charge in [-0.2, -0.15) is 0 Å². The Morgan fingerprint density at radius 2 is 2.17 bits per heavy atom. The van der Waals surface area contributed by atoms with Gasteiger partial charge in [0, 0.05) is 16.9 Å². The third-order valence-electron chi connectivity index (χ3n) is 2.63. The maximum absolute atomic E-state index is 4.51. The van der Waals surface area contributed by atoms with Crippen LogP contribution in [0.4, 0.5) is 5.82 Å². The van der Waals surface area contributed by atoms with Gasteiger partial charge in [-0.3, -0.25) is 0 Å². The lowest BCUT2D eigenvalue weighted by Gasteiger charge is -2.09. The Labute approximate surface area is 120 Å². The molecular formula is C13H16BrN3S. The molecule has 0 spiro atoms. The monoisotopic (exact) mass is 325 g/mol. The van der Waals surface area contributed by atoms with Gasteiger partial charge in [0.05, 0.1) is 6.54 Å². The minimum Gasteiger partial charge on any atom is -0.365 e. The normalized spacial score (nSPS) is 10.9. The Balaban J connectivity index is 2.12. The highest BCUT2D eigenvalue weighted by Gasteiger charge is 2.07. The van der Waals surface area contributed by atoms with E-state index in [9.17, 15) is 0 Å². The predicted octanol–water partition coefficient (Wildman–Crippen LogP) is 4.34. The maximum atomic E-state index is 4.51. The summed E-state index contributed by atoms with van der Waals surface area (Å²) in [4.78, 5) is 10.2. The maximum Gasteiger partial charge on any atom is 0.134 e. The summed E-state index contributed by atoms with van der Waals surface area (Å²) < 4.78 is 0.826. The lowest BCUT2D eigenvalue weighted by atomic mass is 10.2. The first-order chi connectivity index (χ1) is 8.56. The number of thiophene rings is 1. The van der Waals surface area contributed by atoms with Crippen LogP contribution in [-0.2, 0) is 6.54 Å². The summed E-state index contributed by atoms with van der Waals surface area (Å²) in [6, 6.07) is 4.05. The van der Waals surface area contributed by atoms with Gasteiger partial charge >= 0.3 is 0 Å². The lowest BCUT2D eigenvalue weighted by Crippen LogP contribution is -2.05. The van der Waals surface area contributed by atoms with Crippen molar-refractivity contribution in [2.75, 3.05) is 5.32 Å². The average Bonchev–Trinajstić information content (AvgIpc) is 2.71. The molecule has 0 aromatic carbocycles. The molecule has 2 rings (SSSR count). The van der Waals surface area contributed by atoms with Crippen molar-refractivity contribution in [1.82, 2.24) is 9.97 Å². The number of nitrogens with one attached hydrogen (secondary N) is 1. The molecule has 0 aliphatic heterocycles. The van der Waals surface area contributed by atoms with E-state index in [-0.39, 0.29) is 0 Å². The Morgan fingerprint density at radius 1 is 1.39 bits per heavy atom. The van der Waals surface area contributed by atoms with E-state index in [4.69, 9.17) is 0 Å². The fourth-order valence-corrected chi connectivity index (χ4v) is 2.78. The first-order valence-electron chi connectivity index (χ1n) is 5.87. The summed E-state index contributed by atoms with van der Waals surface area (Å²) in [7, 11) is 0. The predicted molar refractivity (Wildman–Crippen MR) is 80.2 cm³/mol. The number of nitrogens with zero attached hydrogens (tertiary/aromatic N) is 2. The second kappa shape index (κ2) is 5.80. The largest absolute Gasteiger partial charge is 0.365 e. The van der Waals surface area contributed by atoms with Gasteiger partial charge in [-0.15, -0.1) is 11.3 Å². The smallest absolute Gasteiger partial charge is 0.134 e. The number of aromatic nitrogens is 2. The molecule has 0 bridgehead atoms. The van der Waals surface area contributed by atoms with Crippen molar-refractivity contribution in [1.29, 1.82) is 0 Å².